The molecule has 0 heterocycles. The maximum Gasteiger partial charge on any atom is 0.104 e. The highest BCUT2D eigenvalue weighted by Crippen LogP contribution is 2.63. The first-order chi connectivity index (χ1) is 5.50. The van der Waals surface area contributed by atoms with E-state index in [-0.39, 0.29) is 5.60 Å². The van der Waals surface area contributed by atoms with Crippen LogP contribution in [0.5, 0.6) is 0 Å². The molecule has 0 aromatic rings. The molecule has 2 bridgehead atoms. The Morgan fingerprint density at radius 2 is 2.00 bits per heavy atom. The zero-order valence-electron chi connectivity index (χ0n) is 8.13. The van der Waals surface area contributed by atoms with Gasteiger partial charge in [0.1, 0.15) is 5.60 Å². The van der Waals surface area contributed by atoms with Crippen LogP contribution in [0.15, 0.2) is 0 Å². The lowest BCUT2D eigenvalue weighted by Gasteiger charge is -2.62. The van der Waals surface area contributed by atoms with Crippen LogP contribution in [0.3, 0.4) is 0 Å². The molecule has 1 N–H and O–H groups in total. The van der Waals surface area contributed by atoms with Crippen LogP contribution in [0.2, 0.25) is 0 Å². The van der Waals surface area contributed by atoms with Gasteiger partial charge in [-0.1, -0.05) is 13.8 Å². The average Bonchev–Trinajstić information content (AvgIpc) is 2.04. The highest BCUT2D eigenvalue weighted by molar-refractivity contribution is 5.09. The molecule has 1 unspecified atom stereocenters. The van der Waals surface area contributed by atoms with Crippen molar-refractivity contribution >= 4 is 0 Å². The van der Waals surface area contributed by atoms with Gasteiger partial charge in [0.25, 0.3) is 0 Å². The van der Waals surface area contributed by atoms with Crippen LogP contribution >= 0.6 is 0 Å². The summed E-state index contributed by atoms with van der Waals surface area (Å²) in [6, 6.07) is 0. The third-order valence-electron chi connectivity index (χ3n) is 4.41. The molecule has 0 amide bonds. The zero-order valence-corrected chi connectivity index (χ0v) is 8.13. The second kappa shape index (κ2) is 2.24. The molecule has 70 valence electrons. The smallest absolute Gasteiger partial charge is 0.104 e. The molecule has 3 saturated carbocycles. The predicted octanol–water partition coefficient (Wildman–Crippen LogP) is 2.69. The largest absolute Gasteiger partial charge is 0.251 e. The van der Waals surface area contributed by atoms with Crippen molar-refractivity contribution in [2.24, 2.45) is 17.3 Å². The van der Waals surface area contributed by atoms with E-state index in [4.69, 9.17) is 5.26 Å². The van der Waals surface area contributed by atoms with Crippen molar-refractivity contribution in [3.8, 4) is 0 Å². The molecule has 0 spiro atoms. The molecule has 3 aliphatic rings. The summed E-state index contributed by atoms with van der Waals surface area (Å²) in [6.07, 6.45) is 3.47. The molecule has 0 aliphatic heterocycles. The molecule has 12 heavy (non-hydrogen) atoms. The molecule has 3 aliphatic carbocycles. The van der Waals surface area contributed by atoms with Gasteiger partial charge in [0.05, 0.1) is 0 Å². The van der Waals surface area contributed by atoms with Gasteiger partial charge in [0.15, 0.2) is 0 Å². The number of hydrogen-bond acceptors (Lipinski definition) is 2. The second-order valence-electron chi connectivity index (χ2n) is 5.25. The van der Waals surface area contributed by atoms with Crippen molar-refractivity contribution in [2.75, 3.05) is 0 Å². The predicted molar refractivity (Wildman–Crippen MR) is 46.7 cm³/mol. The monoisotopic (exact) mass is 170 g/mol. The lowest BCUT2D eigenvalue weighted by atomic mass is 9.44. The SMILES string of the molecule is CC1(OO)CC[C@H]2C[C@@H]1C2(C)C. The minimum Gasteiger partial charge on any atom is -0.251 e. The fourth-order valence-corrected chi connectivity index (χ4v) is 3.29. The summed E-state index contributed by atoms with van der Waals surface area (Å²) in [7, 11) is 0. The van der Waals surface area contributed by atoms with Gasteiger partial charge < -0.3 is 0 Å². The van der Waals surface area contributed by atoms with Crippen molar-refractivity contribution < 1.29 is 10.1 Å². The van der Waals surface area contributed by atoms with Crippen LogP contribution in [0.4, 0.5) is 0 Å². The Morgan fingerprint density at radius 3 is 2.33 bits per heavy atom. The van der Waals surface area contributed by atoms with E-state index in [0.717, 1.165) is 12.3 Å². The van der Waals surface area contributed by atoms with Gasteiger partial charge in [-0.25, -0.2) is 4.89 Å². The zero-order chi connectivity index (χ0) is 8.98. The van der Waals surface area contributed by atoms with Gasteiger partial charge >= 0.3 is 0 Å². The van der Waals surface area contributed by atoms with Crippen LogP contribution in [-0.2, 0) is 4.89 Å². The normalized spacial score (nSPS) is 50.0. The van der Waals surface area contributed by atoms with Crippen LogP contribution < -0.4 is 0 Å². The van der Waals surface area contributed by atoms with E-state index < -0.39 is 0 Å². The van der Waals surface area contributed by atoms with E-state index in [1.807, 2.05) is 6.92 Å². The van der Waals surface area contributed by atoms with Crippen molar-refractivity contribution in [1.29, 1.82) is 0 Å². The second-order valence-corrected chi connectivity index (χ2v) is 5.25. The third kappa shape index (κ3) is 0.826. The number of hydrogen-bond donors (Lipinski definition) is 1. The van der Waals surface area contributed by atoms with Crippen LogP contribution in [0, 0.1) is 17.3 Å². The summed E-state index contributed by atoms with van der Waals surface area (Å²) < 4.78 is 0. The van der Waals surface area contributed by atoms with Crippen molar-refractivity contribution in [3.05, 3.63) is 0 Å². The number of fused-ring (bicyclic) bond motifs is 2. The Hall–Kier alpha value is -0.0800. The van der Waals surface area contributed by atoms with E-state index in [1.165, 1.54) is 12.8 Å². The minimum absolute atomic E-state index is 0.266. The maximum atomic E-state index is 8.88. The van der Waals surface area contributed by atoms with Gasteiger partial charge in [-0.2, -0.15) is 0 Å². The van der Waals surface area contributed by atoms with E-state index >= 15 is 0 Å². The summed E-state index contributed by atoms with van der Waals surface area (Å²) in [4.78, 5) is 4.66. The van der Waals surface area contributed by atoms with E-state index in [1.54, 1.807) is 0 Å². The first-order valence-electron chi connectivity index (χ1n) is 4.83. The molecular formula is C10H18O2. The lowest BCUT2D eigenvalue weighted by molar-refractivity contribution is -0.371. The van der Waals surface area contributed by atoms with E-state index in [0.29, 0.717) is 11.3 Å². The van der Waals surface area contributed by atoms with Gasteiger partial charge in [-0.05, 0) is 43.4 Å². The molecule has 0 radical (unpaired) electrons. The lowest BCUT2D eigenvalue weighted by Crippen LogP contribution is -2.60. The summed E-state index contributed by atoms with van der Waals surface area (Å²) in [5.41, 5.74) is 0.119. The Bertz CT molecular complexity index is 198. The van der Waals surface area contributed by atoms with Crippen molar-refractivity contribution in [1.82, 2.24) is 0 Å². The molecule has 3 fully saturated rings. The van der Waals surface area contributed by atoms with Crippen molar-refractivity contribution in [3.63, 3.8) is 0 Å². The van der Waals surface area contributed by atoms with Crippen LogP contribution in [-0.4, -0.2) is 10.9 Å². The standard InChI is InChI=1S/C10H18O2/c1-9(2)7-4-5-10(3,12-11)8(9)6-7/h7-8,11H,4-6H2,1-3H3/t7-,8+,10?/m0/s1. The van der Waals surface area contributed by atoms with Gasteiger partial charge in [-0.15, -0.1) is 0 Å². The first-order valence-corrected chi connectivity index (χ1v) is 4.83. The Balaban J connectivity index is 2.21. The van der Waals surface area contributed by atoms with Crippen LogP contribution in [0.25, 0.3) is 0 Å². The molecule has 0 aromatic heterocycles. The Kier molecular flexibility index (Phi) is 1.59. The molecular weight excluding hydrogens is 152 g/mol. The Labute approximate surface area is 73.8 Å². The minimum atomic E-state index is -0.266. The molecule has 2 nitrogen and oxygen atoms in total. The van der Waals surface area contributed by atoms with Gasteiger partial charge in [0.2, 0.25) is 0 Å². The summed E-state index contributed by atoms with van der Waals surface area (Å²) in [5.74, 6) is 1.42. The van der Waals surface area contributed by atoms with Crippen LogP contribution in [0.1, 0.15) is 40.0 Å². The van der Waals surface area contributed by atoms with E-state index in [2.05, 4.69) is 18.7 Å². The quantitative estimate of drug-likeness (QED) is 0.484. The number of rotatable bonds is 1. The topological polar surface area (TPSA) is 29.5 Å². The fraction of sp³-hybridized carbons (Fsp3) is 1.00. The summed E-state index contributed by atoms with van der Waals surface area (Å²) >= 11 is 0. The Morgan fingerprint density at radius 1 is 1.33 bits per heavy atom. The molecule has 0 aromatic carbocycles. The molecule has 2 heteroatoms. The summed E-state index contributed by atoms with van der Waals surface area (Å²) in [6.45, 7) is 6.62. The average molecular weight is 170 g/mol. The van der Waals surface area contributed by atoms with Gasteiger partial charge in [-0.3, -0.25) is 5.26 Å². The van der Waals surface area contributed by atoms with Gasteiger partial charge in [0, 0.05) is 0 Å². The molecule has 0 saturated heterocycles. The third-order valence-corrected chi connectivity index (χ3v) is 4.41. The van der Waals surface area contributed by atoms with Crippen molar-refractivity contribution in [2.45, 2.75) is 45.6 Å². The fourth-order valence-electron chi connectivity index (χ4n) is 3.29. The highest BCUT2D eigenvalue weighted by atomic mass is 17.1. The highest BCUT2D eigenvalue weighted by Gasteiger charge is 2.60. The molecule has 3 rings (SSSR count). The van der Waals surface area contributed by atoms with E-state index in [9.17, 15) is 0 Å². The summed E-state index contributed by atoms with van der Waals surface area (Å²) in [5, 5.41) is 8.88. The maximum absolute atomic E-state index is 8.88. The first kappa shape index (κ1) is 8.52. The molecule has 3 atom stereocenters.